The molecule has 0 atom stereocenters. The molecule has 1 aromatic heterocycles. The van der Waals surface area contributed by atoms with Crippen LogP contribution in [0.15, 0.2) is 24.3 Å². The van der Waals surface area contributed by atoms with E-state index in [9.17, 15) is 0 Å². The van der Waals surface area contributed by atoms with Crippen molar-refractivity contribution in [2.24, 2.45) is 0 Å². The number of para-hydroxylation sites is 1. The Balaban J connectivity index is 2.60. The molecule has 1 nitrogen and oxygen atoms in total. The normalized spacial score (nSPS) is 10.9. The first kappa shape index (κ1) is 9.06. The predicted molar refractivity (Wildman–Crippen MR) is 65.0 cm³/mol. The molecule has 1 heterocycles. The lowest BCUT2D eigenvalue weighted by Crippen LogP contribution is -1.84. The van der Waals surface area contributed by atoms with E-state index in [0.29, 0.717) is 0 Å². The Kier molecular flexibility index (Phi) is 2.58. The van der Waals surface area contributed by atoms with Crippen molar-refractivity contribution in [2.45, 2.75) is 19.8 Å². The molecular weight excluding hydrogens is 273 g/mol. The number of hydrogen-bond donors (Lipinski definition) is 1. The standard InChI is InChI=1S/C11H12IN/c1-2-5-10-11(12)8-6-3-4-7-9(8)13-10/h3-4,6-7,13H,2,5H2,1H3. The number of nitrogens with one attached hydrogen (secondary N) is 1. The monoisotopic (exact) mass is 285 g/mol. The molecule has 0 saturated heterocycles. The summed E-state index contributed by atoms with van der Waals surface area (Å²) >= 11 is 2.43. The summed E-state index contributed by atoms with van der Waals surface area (Å²) in [6, 6.07) is 8.47. The van der Waals surface area contributed by atoms with Crippen molar-refractivity contribution in [1.82, 2.24) is 4.98 Å². The largest absolute Gasteiger partial charge is 0.357 e. The van der Waals surface area contributed by atoms with Crippen LogP contribution in [0.5, 0.6) is 0 Å². The summed E-state index contributed by atoms with van der Waals surface area (Å²) in [5, 5.41) is 1.35. The van der Waals surface area contributed by atoms with Crippen molar-refractivity contribution in [3.63, 3.8) is 0 Å². The lowest BCUT2D eigenvalue weighted by molar-refractivity contribution is 0.891. The Hall–Kier alpha value is -0.510. The second kappa shape index (κ2) is 3.70. The van der Waals surface area contributed by atoms with E-state index in [2.05, 4.69) is 58.8 Å². The van der Waals surface area contributed by atoms with Gasteiger partial charge in [0.2, 0.25) is 0 Å². The van der Waals surface area contributed by atoms with Crippen molar-refractivity contribution in [2.75, 3.05) is 0 Å². The van der Waals surface area contributed by atoms with Crippen LogP contribution < -0.4 is 0 Å². The summed E-state index contributed by atoms with van der Waals surface area (Å²) < 4.78 is 1.38. The van der Waals surface area contributed by atoms with Gasteiger partial charge in [0.1, 0.15) is 0 Å². The molecule has 0 fully saturated rings. The van der Waals surface area contributed by atoms with Gasteiger partial charge in [-0.05, 0) is 35.1 Å². The summed E-state index contributed by atoms with van der Waals surface area (Å²) in [5.74, 6) is 0. The van der Waals surface area contributed by atoms with Crippen LogP contribution in [0.2, 0.25) is 0 Å². The molecule has 0 aliphatic heterocycles. The van der Waals surface area contributed by atoms with E-state index in [0.717, 1.165) is 6.42 Å². The third-order valence-electron chi connectivity index (χ3n) is 2.21. The minimum absolute atomic E-state index is 1.15. The zero-order valence-corrected chi connectivity index (χ0v) is 9.76. The molecule has 2 rings (SSSR count). The molecule has 1 N–H and O–H groups in total. The number of aromatic amines is 1. The number of benzene rings is 1. The third kappa shape index (κ3) is 1.59. The zero-order valence-electron chi connectivity index (χ0n) is 7.60. The average molecular weight is 285 g/mol. The van der Waals surface area contributed by atoms with Gasteiger partial charge < -0.3 is 4.98 Å². The van der Waals surface area contributed by atoms with Gasteiger partial charge in [-0.25, -0.2) is 0 Å². The summed E-state index contributed by atoms with van der Waals surface area (Å²) in [7, 11) is 0. The number of hydrogen-bond acceptors (Lipinski definition) is 0. The highest BCUT2D eigenvalue weighted by Gasteiger charge is 2.06. The van der Waals surface area contributed by atoms with E-state index in [4.69, 9.17) is 0 Å². The van der Waals surface area contributed by atoms with Gasteiger partial charge in [0.05, 0.1) is 0 Å². The van der Waals surface area contributed by atoms with Gasteiger partial charge >= 0.3 is 0 Å². The lowest BCUT2D eigenvalue weighted by atomic mass is 10.2. The van der Waals surface area contributed by atoms with Crippen LogP contribution in [0, 0.1) is 3.57 Å². The van der Waals surface area contributed by atoms with Gasteiger partial charge in [0, 0.05) is 20.2 Å². The van der Waals surface area contributed by atoms with Gasteiger partial charge in [-0.3, -0.25) is 0 Å². The van der Waals surface area contributed by atoms with Crippen molar-refractivity contribution in [1.29, 1.82) is 0 Å². The third-order valence-corrected chi connectivity index (χ3v) is 3.45. The van der Waals surface area contributed by atoms with Gasteiger partial charge in [0.15, 0.2) is 0 Å². The van der Waals surface area contributed by atoms with Crippen LogP contribution in [0.3, 0.4) is 0 Å². The molecule has 0 spiro atoms. The van der Waals surface area contributed by atoms with Crippen molar-refractivity contribution >= 4 is 33.5 Å². The molecule has 0 bridgehead atoms. The minimum atomic E-state index is 1.15. The highest BCUT2D eigenvalue weighted by atomic mass is 127. The number of aryl methyl sites for hydroxylation is 1. The first-order chi connectivity index (χ1) is 6.33. The number of rotatable bonds is 2. The van der Waals surface area contributed by atoms with Crippen LogP contribution in [0.25, 0.3) is 10.9 Å². The predicted octanol–water partition coefficient (Wildman–Crippen LogP) is 3.73. The fourth-order valence-electron chi connectivity index (χ4n) is 1.59. The SMILES string of the molecule is CCCc1[nH]c2ccccc2c1I. The number of fused-ring (bicyclic) bond motifs is 1. The minimum Gasteiger partial charge on any atom is -0.357 e. The maximum absolute atomic E-state index is 3.46. The Morgan fingerprint density at radius 3 is 2.77 bits per heavy atom. The fraction of sp³-hybridized carbons (Fsp3) is 0.273. The number of H-pyrrole nitrogens is 1. The highest BCUT2D eigenvalue weighted by Crippen LogP contribution is 2.24. The van der Waals surface area contributed by atoms with Crippen LogP contribution >= 0.6 is 22.6 Å². The molecule has 2 aromatic rings. The molecular formula is C11H12IN. The van der Waals surface area contributed by atoms with E-state index >= 15 is 0 Å². The quantitative estimate of drug-likeness (QED) is 0.809. The maximum Gasteiger partial charge on any atom is 0.0467 e. The van der Waals surface area contributed by atoms with Gasteiger partial charge in [0.25, 0.3) is 0 Å². The van der Waals surface area contributed by atoms with Gasteiger partial charge in [-0.15, -0.1) is 0 Å². The Morgan fingerprint density at radius 1 is 1.31 bits per heavy atom. The number of aromatic nitrogens is 1. The Bertz CT molecular complexity index is 417. The summed E-state index contributed by atoms with van der Waals surface area (Å²) in [6.07, 6.45) is 2.34. The molecule has 68 valence electrons. The molecule has 0 saturated carbocycles. The molecule has 0 unspecified atom stereocenters. The van der Waals surface area contributed by atoms with Crippen LogP contribution in [0.4, 0.5) is 0 Å². The van der Waals surface area contributed by atoms with Crippen LogP contribution in [-0.2, 0) is 6.42 Å². The van der Waals surface area contributed by atoms with Gasteiger partial charge in [-0.2, -0.15) is 0 Å². The molecule has 1 aromatic carbocycles. The summed E-state index contributed by atoms with van der Waals surface area (Å²) in [5.41, 5.74) is 2.64. The first-order valence-corrected chi connectivity index (χ1v) is 5.66. The molecule has 2 heteroatoms. The van der Waals surface area contributed by atoms with E-state index in [1.165, 1.54) is 26.6 Å². The van der Waals surface area contributed by atoms with Crippen LogP contribution in [-0.4, -0.2) is 4.98 Å². The molecule has 13 heavy (non-hydrogen) atoms. The van der Waals surface area contributed by atoms with Crippen molar-refractivity contribution in [3.05, 3.63) is 33.5 Å². The fourth-order valence-corrected chi connectivity index (χ4v) is 2.46. The second-order valence-corrected chi connectivity index (χ2v) is 4.29. The van der Waals surface area contributed by atoms with E-state index in [1.54, 1.807) is 0 Å². The van der Waals surface area contributed by atoms with Gasteiger partial charge in [-0.1, -0.05) is 31.5 Å². The topological polar surface area (TPSA) is 15.8 Å². The van der Waals surface area contributed by atoms with E-state index in [-0.39, 0.29) is 0 Å². The van der Waals surface area contributed by atoms with E-state index in [1.807, 2.05) is 0 Å². The Labute approximate surface area is 91.7 Å². The van der Waals surface area contributed by atoms with Crippen LogP contribution in [0.1, 0.15) is 19.0 Å². The maximum atomic E-state index is 3.46. The van der Waals surface area contributed by atoms with E-state index < -0.39 is 0 Å². The molecule has 0 aliphatic rings. The highest BCUT2D eigenvalue weighted by molar-refractivity contribution is 14.1. The second-order valence-electron chi connectivity index (χ2n) is 3.21. The molecule has 0 aliphatic carbocycles. The average Bonchev–Trinajstić information content (AvgIpc) is 2.46. The van der Waals surface area contributed by atoms with Crippen molar-refractivity contribution in [3.8, 4) is 0 Å². The molecule has 0 radical (unpaired) electrons. The lowest BCUT2D eigenvalue weighted by Gasteiger charge is -1.93. The Morgan fingerprint density at radius 2 is 2.08 bits per heavy atom. The molecule has 0 amide bonds. The first-order valence-electron chi connectivity index (χ1n) is 4.58. The zero-order chi connectivity index (χ0) is 9.26. The number of halogens is 1. The van der Waals surface area contributed by atoms with Crippen molar-refractivity contribution < 1.29 is 0 Å². The summed E-state index contributed by atoms with van der Waals surface area (Å²) in [6.45, 7) is 2.21. The summed E-state index contributed by atoms with van der Waals surface area (Å²) in [4.78, 5) is 3.46. The smallest absolute Gasteiger partial charge is 0.0467 e.